The molecule has 3 aromatic rings. The molecule has 1 N–H and O–H groups in total. The quantitative estimate of drug-likeness (QED) is 0.422. The topological polar surface area (TPSA) is 49.4 Å². The third kappa shape index (κ3) is 4.92. The highest BCUT2D eigenvalue weighted by Crippen LogP contribution is 2.42. The third-order valence-corrected chi connectivity index (χ3v) is 7.10. The molecular weight excluding hydrogens is 484 g/mol. The molecule has 1 aliphatic heterocycles. The van der Waals surface area contributed by atoms with Gasteiger partial charge in [0.1, 0.15) is 5.37 Å². The summed E-state index contributed by atoms with van der Waals surface area (Å²) >= 11 is 5.00. The number of hydrogen-bond donors (Lipinski definition) is 1. The fraction of sp³-hybridized carbons (Fsp3) is 0.231. The lowest BCUT2D eigenvalue weighted by atomic mass is 9.87. The van der Waals surface area contributed by atoms with Gasteiger partial charge in [-0.05, 0) is 59.0 Å². The van der Waals surface area contributed by atoms with Gasteiger partial charge in [-0.1, -0.05) is 67.0 Å². The molecule has 164 valence electrons. The van der Waals surface area contributed by atoms with Crippen LogP contribution >= 0.6 is 27.7 Å². The summed E-state index contributed by atoms with van der Waals surface area (Å²) in [5.41, 5.74) is 4.44. The highest BCUT2D eigenvalue weighted by molar-refractivity contribution is 9.10. The van der Waals surface area contributed by atoms with Crippen LogP contribution in [0.5, 0.6) is 0 Å². The lowest BCUT2D eigenvalue weighted by molar-refractivity contribution is -0.115. The Morgan fingerprint density at radius 2 is 1.75 bits per heavy atom. The van der Waals surface area contributed by atoms with Crippen LogP contribution < -0.4 is 10.2 Å². The predicted molar refractivity (Wildman–Crippen MR) is 136 cm³/mol. The van der Waals surface area contributed by atoms with E-state index in [4.69, 9.17) is 0 Å². The van der Waals surface area contributed by atoms with E-state index in [1.165, 1.54) is 5.56 Å². The van der Waals surface area contributed by atoms with Crippen molar-refractivity contribution in [2.75, 3.05) is 16.0 Å². The number of nitrogens with one attached hydrogen (secondary N) is 1. The lowest BCUT2D eigenvalue weighted by Gasteiger charge is -2.26. The van der Waals surface area contributed by atoms with Gasteiger partial charge in [-0.3, -0.25) is 14.5 Å². The van der Waals surface area contributed by atoms with E-state index in [0.29, 0.717) is 17.0 Å². The van der Waals surface area contributed by atoms with Crippen LogP contribution in [0.3, 0.4) is 0 Å². The third-order valence-electron chi connectivity index (χ3n) is 5.40. The van der Waals surface area contributed by atoms with Gasteiger partial charge in [-0.2, -0.15) is 0 Å². The zero-order chi connectivity index (χ0) is 22.9. The molecule has 1 atom stereocenters. The van der Waals surface area contributed by atoms with E-state index >= 15 is 0 Å². The van der Waals surface area contributed by atoms with Crippen LogP contribution in [0.1, 0.15) is 47.6 Å². The average molecular weight is 509 g/mol. The first-order valence-corrected chi connectivity index (χ1v) is 12.3. The Morgan fingerprint density at radius 1 is 1.03 bits per heavy atom. The van der Waals surface area contributed by atoms with E-state index in [-0.39, 0.29) is 22.6 Å². The number of halogens is 1. The number of amides is 2. The molecule has 1 fully saturated rings. The first-order chi connectivity index (χ1) is 15.2. The molecule has 1 saturated heterocycles. The summed E-state index contributed by atoms with van der Waals surface area (Å²) in [6.45, 7) is 6.53. The van der Waals surface area contributed by atoms with E-state index in [2.05, 4.69) is 54.2 Å². The summed E-state index contributed by atoms with van der Waals surface area (Å²) in [4.78, 5) is 27.3. The van der Waals surface area contributed by atoms with Gasteiger partial charge in [0.05, 0.1) is 5.75 Å². The minimum absolute atomic E-state index is 0.0581. The van der Waals surface area contributed by atoms with Crippen molar-refractivity contribution in [3.8, 4) is 0 Å². The van der Waals surface area contributed by atoms with Crippen LogP contribution in [-0.2, 0) is 10.2 Å². The Kier molecular flexibility index (Phi) is 6.45. The maximum atomic E-state index is 12.8. The van der Waals surface area contributed by atoms with Crippen LogP contribution in [0, 0.1) is 0 Å². The van der Waals surface area contributed by atoms with Crippen LogP contribution in [-0.4, -0.2) is 17.6 Å². The second-order valence-electron chi connectivity index (χ2n) is 8.81. The van der Waals surface area contributed by atoms with Gasteiger partial charge in [0.2, 0.25) is 5.91 Å². The number of carbonyl (C=O) groups excluding carboxylic acids is 2. The average Bonchev–Trinajstić information content (AvgIpc) is 3.15. The molecule has 32 heavy (non-hydrogen) atoms. The Bertz CT molecular complexity index is 1150. The Balaban J connectivity index is 1.57. The molecule has 0 saturated carbocycles. The number of anilines is 2. The zero-order valence-corrected chi connectivity index (χ0v) is 20.7. The van der Waals surface area contributed by atoms with E-state index in [0.717, 1.165) is 15.7 Å². The zero-order valence-electron chi connectivity index (χ0n) is 18.3. The highest BCUT2D eigenvalue weighted by Gasteiger charge is 2.34. The number of nitrogens with zero attached hydrogens (tertiary/aromatic N) is 1. The molecule has 6 heteroatoms. The summed E-state index contributed by atoms with van der Waals surface area (Å²) in [5.74, 6) is 0.348. The maximum absolute atomic E-state index is 12.8. The van der Waals surface area contributed by atoms with Gasteiger partial charge in [-0.25, -0.2) is 0 Å². The largest absolute Gasteiger partial charge is 0.322 e. The van der Waals surface area contributed by atoms with Gasteiger partial charge < -0.3 is 5.32 Å². The molecule has 3 aromatic carbocycles. The minimum Gasteiger partial charge on any atom is -0.322 e. The minimum atomic E-state index is -0.173. The smallest absolute Gasteiger partial charge is 0.255 e. The van der Waals surface area contributed by atoms with Crippen molar-refractivity contribution in [1.29, 1.82) is 0 Å². The van der Waals surface area contributed by atoms with Gasteiger partial charge in [0.25, 0.3) is 5.91 Å². The van der Waals surface area contributed by atoms with Crippen LogP contribution in [0.15, 0.2) is 77.3 Å². The molecule has 0 aromatic heterocycles. The number of benzene rings is 3. The van der Waals surface area contributed by atoms with E-state index in [1.807, 2.05) is 53.4 Å². The Labute approximate surface area is 201 Å². The summed E-state index contributed by atoms with van der Waals surface area (Å²) in [7, 11) is 0. The van der Waals surface area contributed by atoms with E-state index < -0.39 is 0 Å². The van der Waals surface area contributed by atoms with E-state index in [1.54, 1.807) is 23.9 Å². The van der Waals surface area contributed by atoms with Crippen molar-refractivity contribution in [2.45, 2.75) is 31.6 Å². The maximum Gasteiger partial charge on any atom is 0.255 e. The molecule has 1 heterocycles. The van der Waals surface area contributed by atoms with Crippen LogP contribution in [0.25, 0.3) is 0 Å². The molecule has 2 amide bonds. The molecule has 1 aliphatic rings. The molecule has 4 rings (SSSR count). The van der Waals surface area contributed by atoms with Gasteiger partial charge in [0.15, 0.2) is 0 Å². The fourth-order valence-corrected chi connectivity index (χ4v) is 5.24. The monoisotopic (exact) mass is 508 g/mol. The second kappa shape index (κ2) is 9.12. The second-order valence-corrected chi connectivity index (χ2v) is 10.8. The fourth-order valence-electron chi connectivity index (χ4n) is 3.67. The van der Waals surface area contributed by atoms with Crippen molar-refractivity contribution >= 4 is 50.9 Å². The summed E-state index contributed by atoms with van der Waals surface area (Å²) < 4.78 is 0.855. The Morgan fingerprint density at radius 3 is 2.44 bits per heavy atom. The standard InChI is InChI=1S/C26H25BrN2O2S/c1-26(2,3)19-10-12-22(13-11-19)29-23(30)16-32-25(29)18-7-5-9-21(15-18)28-24(31)17-6-4-8-20(27)14-17/h4-15,25H,16H2,1-3H3,(H,28,31)/t25-/m0/s1. The molecule has 0 radical (unpaired) electrons. The first-order valence-electron chi connectivity index (χ1n) is 10.4. The van der Waals surface area contributed by atoms with Crippen molar-refractivity contribution < 1.29 is 9.59 Å². The summed E-state index contributed by atoms with van der Waals surface area (Å²) in [5, 5.41) is 2.83. The van der Waals surface area contributed by atoms with Crippen LogP contribution in [0.2, 0.25) is 0 Å². The molecule has 4 nitrogen and oxygen atoms in total. The van der Waals surface area contributed by atoms with Crippen molar-refractivity contribution in [1.82, 2.24) is 0 Å². The van der Waals surface area contributed by atoms with Crippen molar-refractivity contribution in [2.24, 2.45) is 0 Å². The number of rotatable bonds is 4. The molecule has 0 aliphatic carbocycles. The van der Waals surface area contributed by atoms with E-state index in [9.17, 15) is 9.59 Å². The molecule has 0 bridgehead atoms. The van der Waals surface area contributed by atoms with Gasteiger partial charge in [-0.15, -0.1) is 11.8 Å². The molecular formula is C26H25BrN2O2S. The number of thioether (sulfide) groups is 1. The molecule has 0 spiro atoms. The van der Waals surface area contributed by atoms with Gasteiger partial charge in [0, 0.05) is 21.4 Å². The summed E-state index contributed by atoms with van der Waals surface area (Å²) in [6.07, 6.45) is 0. The lowest BCUT2D eigenvalue weighted by Crippen LogP contribution is -2.28. The van der Waals surface area contributed by atoms with Crippen molar-refractivity contribution in [3.05, 3.63) is 94.0 Å². The highest BCUT2D eigenvalue weighted by atomic mass is 79.9. The van der Waals surface area contributed by atoms with Crippen molar-refractivity contribution in [3.63, 3.8) is 0 Å². The Hall–Kier alpha value is -2.57. The summed E-state index contributed by atoms with van der Waals surface area (Å²) in [6, 6.07) is 23.2. The SMILES string of the molecule is CC(C)(C)c1ccc(N2C(=O)CS[C@H]2c2cccc(NC(=O)c3cccc(Br)c3)c2)cc1. The van der Waals surface area contributed by atoms with Crippen LogP contribution in [0.4, 0.5) is 11.4 Å². The predicted octanol–water partition coefficient (Wildman–Crippen LogP) is 6.78. The van der Waals surface area contributed by atoms with Gasteiger partial charge >= 0.3 is 0 Å². The normalized spacial score (nSPS) is 16.3. The first kappa shape index (κ1) is 22.6. The molecule has 0 unspecified atom stereocenters. The number of hydrogen-bond acceptors (Lipinski definition) is 3. The number of carbonyl (C=O) groups is 2.